The monoisotopic (exact) mass is 304 g/mol. The molecular formula is C16H21FN4O. The fraction of sp³-hybridized carbons (Fsp3) is 0.500. The van der Waals surface area contributed by atoms with Gasteiger partial charge in [-0.3, -0.25) is 0 Å². The fourth-order valence-electron chi connectivity index (χ4n) is 2.81. The molecule has 22 heavy (non-hydrogen) atoms. The highest BCUT2D eigenvalue weighted by molar-refractivity contribution is 5.97. The molecular weight excluding hydrogens is 283 g/mol. The number of benzene rings is 1. The molecule has 0 N–H and O–H groups in total. The van der Waals surface area contributed by atoms with Crippen molar-refractivity contribution in [2.45, 2.75) is 13.0 Å². The summed E-state index contributed by atoms with van der Waals surface area (Å²) >= 11 is 0. The first-order valence-electron chi connectivity index (χ1n) is 7.46. The standard InChI is InChI=1S/C16H21FN4O/c1-11-15-13(19-10-18-11)4-5-14(22-7-6-17)16(15)21-8-12(9-21)20(2)3/h4-5,10,12H,6-9H2,1-3H3. The van der Waals surface area contributed by atoms with Gasteiger partial charge < -0.3 is 14.5 Å². The molecule has 0 unspecified atom stereocenters. The number of ether oxygens (including phenoxy) is 1. The van der Waals surface area contributed by atoms with Gasteiger partial charge in [-0.1, -0.05) is 0 Å². The summed E-state index contributed by atoms with van der Waals surface area (Å²) in [4.78, 5) is 13.1. The molecule has 1 fully saturated rings. The van der Waals surface area contributed by atoms with Crippen molar-refractivity contribution in [1.29, 1.82) is 0 Å². The highest BCUT2D eigenvalue weighted by atomic mass is 19.1. The number of aromatic nitrogens is 2. The summed E-state index contributed by atoms with van der Waals surface area (Å²) < 4.78 is 18.1. The minimum atomic E-state index is -0.498. The summed E-state index contributed by atoms with van der Waals surface area (Å²) in [5.41, 5.74) is 2.80. The molecule has 1 aliphatic rings. The van der Waals surface area contributed by atoms with Crippen molar-refractivity contribution in [3.8, 4) is 5.75 Å². The number of halogens is 1. The molecule has 1 saturated heterocycles. The number of fused-ring (bicyclic) bond motifs is 1. The highest BCUT2D eigenvalue weighted by Crippen LogP contribution is 2.39. The zero-order chi connectivity index (χ0) is 15.7. The molecule has 2 aromatic rings. The van der Waals surface area contributed by atoms with Gasteiger partial charge >= 0.3 is 0 Å². The molecule has 0 amide bonds. The predicted molar refractivity (Wildman–Crippen MR) is 85.4 cm³/mol. The molecule has 118 valence electrons. The van der Waals surface area contributed by atoms with Gasteiger partial charge in [-0.25, -0.2) is 14.4 Å². The van der Waals surface area contributed by atoms with E-state index in [0.29, 0.717) is 11.8 Å². The zero-order valence-corrected chi connectivity index (χ0v) is 13.2. The maximum atomic E-state index is 12.5. The average molecular weight is 304 g/mol. The zero-order valence-electron chi connectivity index (χ0n) is 13.2. The number of rotatable bonds is 5. The van der Waals surface area contributed by atoms with Crippen molar-refractivity contribution >= 4 is 16.6 Å². The van der Waals surface area contributed by atoms with Crippen LogP contribution in [0.3, 0.4) is 0 Å². The van der Waals surface area contributed by atoms with Gasteiger partial charge in [0.2, 0.25) is 0 Å². The van der Waals surface area contributed by atoms with E-state index in [9.17, 15) is 4.39 Å². The SMILES string of the molecule is Cc1ncnc2ccc(OCCF)c(N3CC(N(C)C)C3)c12. The topological polar surface area (TPSA) is 41.5 Å². The van der Waals surface area contributed by atoms with E-state index >= 15 is 0 Å². The third kappa shape index (κ3) is 2.59. The van der Waals surface area contributed by atoms with Crippen LogP contribution >= 0.6 is 0 Å². The molecule has 0 aliphatic carbocycles. The molecule has 1 aromatic carbocycles. The summed E-state index contributed by atoms with van der Waals surface area (Å²) in [6.45, 7) is 3.38. The van der Waals surface area contributed by atoms with Crippen LogP contribution in [0.15, 0.2) is 18.5 Å². The quantitative estimate of drug-likeness (QED) is 0.845. The van der Waals surface area contributed by atoms with Crippen molar-refractivity contribution in [2.75, 3.05) is 45.4 Å². The van der Waals surface area contributed by atoms with E-state index in [-0.39, 0.29) is 6.61 Å². The normalized spacial score (nSPS) is 15.4. The summed E-state index contributed by atoms with van der Waals surface area (Å²) in [7, 11) is 4.17. The Morgan fingerprint density at radius 1 is 1.32 bits per heavy atom. The van der Waals surface area contributed by atoms with Crippen molar-refractivity contribution < 1.29 is 9.13 Å². The maximum Gasteiger partial charge on any atom is 0.143 e. The van der Waals surface area contributed by atoms with Crippen molar-refractivity contribution in [1.82, 2.24) is 14.9 Å². The summed E-state index contributed by atoms with van der Waals surface area (Å²) in [5.74, 6) is 0.709. The minimum Gasteiger partial charge on any atom is -0.489 e. The fourth-order valence-corrected chi connectivity index (χ4v) is 2.81. The summed E-state index contributed by atoms with van der Waals surface area (Å²) in [5, 5.41) is 0.996. The van der Waals surface area contributed by atoms with E-state index in [4.69, 9.17) is 4.74 Å². The Hall–Kier alpha value is -1.95. The number of hydrogen-bond donors (Lipinski definition) is 0. The van der Waals surface area contributed by atoms with E-state index in [1.165, 1.54) is 0 Å². The first-order valence-corrected chi connectivity index (χ1v) is 7.46. The third-order valence-electron chi connectivity index (χ3n) is 4.17. The second kappa shape index (κ2) is 6.04. The molecule has 1 aliphatic heterocycles. The predicted octanol–water partition coefficient (Wildman–Crippen LogP) is 2.04. The van der Waals surface area contributed by atoms with Gasteiger partial charge in [0, 0.05) is 24.5 Å². The minimum absolute atomic E-state index is 0.0657. The second-order valence-electron chi connectivity index (χ2n) is 5.83. The lowest BCUT2D eigenvalue weighted by Crippen LogP contribution is -2.57. The smallest absolute Gasteiger partial charge is 0.143 e. The molecule has 6 heteroatoms. The van der Waals surface area contributed by atoms with Crippen LogP contribution in [0.1, 0.15) is 5.69 Å². The van der Waals surface area contributed by atoms with Crippen LogP contribution in [-0.4, -0.2) is 61.4 Å². The Kier molecular flexibility index (Phi) is 4.11. The second-order valence-corrected chi connectivity index (χ2v) is 5.83. The Balaban J connectivity index is 2.03. The molecule has 0 spiro atoms. The van der Waals surface area contributed by atoms with Gasteiger partial charge in [-0.2, -0.15) is 0 Å². The van der Waals surface area contributed by atoms with Gasteiger partial charge in [-0.15, -0.1) is 0 Å². The van der Waals surface area contributed by atoms with Crippen LogP contribution in [0.4, 0.5) is 10.1 Å². The molecule has 2 heterocycles. The lowest BCUT2D eigenvalue weighted by molar-refractivity contribution is 0.242. The van der Waals surface area contributed by atoms with E-state index in [0.717, 1.165) is 35.4 Å². The van der Waals surface area contributed by atoms with Gasteiger partial charge in [0.1, 0.15) is 25.4 Å². The summed E-state index contributed by atoms with van der Waals surface area (Å²) in [6, 6.07) is 4.31. The molecule has 0 radical (unpaired) electrons. The largest absolute Gasteiger partial charge is 0.489 e. The van der Waals surface area contributed by atoms with Crippen LogP contribution in [0.2, 0.25) is 0 Å². The first kappa shape index (κ1) is 15.0. The van der Waals surface area contributed by atoms with Gasteiger partial charge in [0.25, 0.3) is 0 Å². The summed E-state index contributed by atoms with van der Waals surface area (Å²) in [6.07, 6.45) is 1.57. The molecule has 5 nitrogen and oxygen atoms in total. The third-order valence-corrected chi connectivity index (χ3v) is 4.17. The van der Waals surface area contributed by atoms with Crippen LogP contribution in [0, 0.1) is 6.92 Å². The maximum absolute atomic E-state index is 12.5. The molecule has 3 rings (SSSR count). The van der Waals surface area contributed by atoms with Crippen LogP contribution in [0.5, 0.6) is 5.75 Å². The highest BCUT2D eigenvalue weighted by Gasteiger charge is 2.32. The van der Waals surface area contributed by atoms with Crippen molar-refractivity contribution in [2.24, 2.45) is 0 Å². The Morgan fingerprint density at radius 2 is 2.09 bits per heavy atom. The first-order chi connectivity index (χ1) is 10.6. The Bertz CT molecular complexity index is 670. The van der Waals surface area contributed by atoms with Gasteiger partial charge in [-0.05, 0) is 33.2 Å². The average Bonchev–Trinajstić information content (AvgIpc) is 2.44. The van der Waals surface area contributed by atoms with Crippen molar-refractivity contribution in [3.05, 3.63) is 24.2 Å². The van der Waals surface area contributed by atoms with Crippen LogP contribution < -0.4 is 9.64 Å². The number of anilines is 1. The lowest BCUT2D eigenvalue weighted by atomic mass is 10.0. The molecule has 0 saturated carbocycles. The number of alkyl halides is 1. The van der Waals surface area contributed by atoms with Crippen molar-refractivity contribution in [3.63, 3.8) is 0 Å². The Morgan fingerprint density at radius 3 is 2.77 bits per heavy atom. The van der Waals surface area contributed by atoms with E-state index < -0.39 is 6.67 Å². The molecule has 0 bridgehead atoms. The number of hydrogen-bond acceptors (Lipinski definition) is 5. The lowest BCUT2D eigenvalue weighted by Gasteiger charge is -2.45. The number of likely N-dealkylation sites (N-methyl/N-ethyl adjacent to an activating group) is 1. The van der Waals surface area contributed by atoms with E-state index in [1.807, 2.05) is 19.1 Å². The van der Waals surface area contributed by atoms with Crippen LogP contribution in [-0.2, 0) is 0 Å². The Labute approximate surface area is 129 Å². The van der Waals surface area contributed by atoms with Gasteiger partial charge in [0.05, 0.1) is 16.9 Å². The van der Waals surface area contributed by atoms with E-state index in [2.05, 4.69) is 33.9 Å². The number of aryl methyl sites for hydroxylation is 1. The molecule has 1 aromatic heterocycles. The molecule has 0 atom stereocenters. The van der Waals surface area contributed by atoms with Gasteiger partial charge in [0.15, 0.2) is 0 Å². The van der Waals surface area contributed by atoms with Crippen LogP contribution in [0.25, 0.3) is 10.9 Å². The number of nitrogens with zero attached hydrogens (tertiary/aromatic N) is 4. The van der Waals surface area contributed by atoms with E-state index in [1.54, 1.807) is 6.33 Å².